The number of aromatic nitrogens is 1. The van der Waals surface area contributed by atoms with Gasteiger partial charge in [-0.15, -0.1) is 0 Å². The maximum absolute atomic E-state index is 13.2. The van der Waals surface area contributed by atoms with Crippen molar-refractivity contribution in [3.8, 4) is 0 Å². The summed E-state index contributed by atoms with van der Waals surface area (Å²) in [5.74, 6) is 1.57. The van der Waals surface area contributed by atoms with Crippen molar-refractivity contribution in [3.05, 3.63) is 30.1 Å². The SMILES string of the molecule is C[C@@H]1CC([C@H](O)C(C)(C)O)OC2[C@H]1[C@@]1(C)CC[C@@]34C[C@@]35CCC(O[C@H]3CN(C(=O)Cc6ccncc6)CCO3)C(C)(C)[C@@H]5CCC4[C@]1(C)[C@H]2O. The van der Waals surface area contributed by atoms with Crippen LogP contribution in [-0.4, -0.2) is 93.2 Å². The van der Waals surface area contributed by atoms with Crippen molar-refractivity contribution in [1.82, 2.24) is 9.88 Å². The maximum atomic E-state index is 13.2. The van der Waals surface area contributed by atoms with Crippen LogP contribution in [0, 0.1) is 50.7 Å². The number of morpholine rings is 1. The molecule has 0 aromatic carbocycles. The van der Waals surface area contributed by atoms with Gasteiger partial charge in [-0.05, 0) is 128 Å². The molecule has 50 heavy (non-hydrogen) atoms. The van der Waals surface area contributed by atoms with E-state index in [1.165, 1.54) is 12.8 Å². The molecular weight excluding hydrogens is 632 g/mol. The summed E-state index contributed by atoms with van der Waals surface area (Å²) in [6.07, 6.45) is 9.66. The molecule has 4 unspecified atom stereocenters. The highest BCUT2D eigenvalue weighted by Crippen LogP contribution is 2.89. The first-order valence-electron chi connectivity index (χ1n) is 19.7. The van der Waals surface area contributed by atoms with Gasteiger partial charge in [-0.3, -0.25) is 9.78 Å². The molecule has 5 aliphatic carbocycles. The number of aliphatic hydroxyl groups excluding tert-OH is 2. The molecule has 8 rings (SSSR count). The van der Waals surface area contributed by atoms with Gasteiger partial charge in [0.05, 0.1) is 49.6 Å². The third-order valence-corrected chi connectivity index (χ3v) is 16.6. The van der Waals surface area contributed by atoms with E-state index in [1.54, 1.807) is 26.2 Å². The number of rotatable bonds is 6. The molecule has 9 heteroatoms. The van der Waals surface area contributed by atoms with Crippen molar-refractivity contribution in [2.24, 2.45) is 50.7 Å². The Labute approximate surface area is 298 Å². The van der Waals surface area contributed by atoms with Crippen LogP contribution in [-0.2, 0) is 25.4 Å². The predicted octanol–water partition coefficient (Wildman–Crippen LogP) is 5.14. The van der Waals surface area contributed by atoms with Crippen LogP contribution in [0.1, 0.15) is 105 Å². The lowest BCUT2D eigenvalue weighted by Gasteiger charge is -2.64. The summed E-state index contributed by atoms with van der Waals surface area (Å²) < 4.78 is 19.7. The van der Waals surface area contributed by atoms with Gasteiger partial charge in [0, 0.05) is 24.4 Å². The van der Waals surface area contributed by atoms with Gasteiger partial charge in [0.2, 0.25) is 5.91 Å². The van der Waals surface area contributed by atoms with Gasteiger partial charge in [0.1, 0.15) is 6.10 Å². The van der Waals surface area contributed by atoms with E-state index >= 15 is 0 Å². The maximum Gasteiger partial charge on any atom is 0.227 e. The van der Waals surface area contributed by atoms with E-state index in [1.807, 2.05) is 17.0 Å². The summed E-state index contributed by atoms with van der Waals surface area (Å²) in [7, 11) is 0. The molecule has 1 aromatic heterocycles. The van der Waals surface area contributed by atoms with Crippen LogP contribution < -0.4 is 0 Å². The molecule has 3 N–H and O–H groups in total. The van der Waals surface area contributed by atoms with E-state index < -0.39 is 30.2 Å². The number of ether oxygens (including phenoxy) is 3. The Balaban J connectivity index is 0.985. The Kier molecular flexibility index (Phi) is 8.28. The van der Waals surface area contributed by atoms with E-state index in [4.69, 9.17) is 14.2 Å². The summed E-state index contributed by atoms with van der Waals surface area (Å²) in [4.78, 5) is 19.2. The van der Waals surface area contributed by atoms with Crippen LogP contribution >= 0.6 is 0 Å². The standard InChI is InChI=1S/C41H62N2O7/c1-24-20-26(34(45)37(4,5)47)49-33-32(24)38(6)14-15-41-23-40(41)13-10-29(36(2,3)27(40)8-9-28(41)39(38,7)35(33)46)50-31-22-43(18-19-48-31)30(44)21-25-11-16-42-17-12-25/h11-12,16-17,24,26-29,31-35,45-47H,8-10,13-15,18-23H2,1-7H3/t24-,26?,27+,28?,29?,31+,32+,33?,34+,35+,38-,39-,40-,41+/m1/s1. The van der Waals surface area contributed by atoms with Crippen LogP contribution in [0.25, 0.3) is 0 Å². The zero-order valence-corrected chi connectivity index (χ0v) is 31.4. The third kappa shape index (κ3) is 4.85. The molecule has 9 nitrogen and oxygen atoms in total. The molecule has 2 spiro atoms. The number of amides is 1. The highest BCUT2D eigenvalue weighted by atomic mass is 16.7. The topological polar surface area (TPSA) is 122 Å². The largest absolute Gasteiger partial charge is 0.390 e. The summed E-state index contributed by atoms with van der Waals surface area (Å²) in [5, 5.41) is 34.2. The Morgan fingerprint density at radius 2 is 1.78 bits per heavy atom. The van der Waals surface area contributed by atoms with Gasteiger partial charge in [-0.2, -0.15) is 0 Å². The average molecular weight is 695 g/mol. The number of pyridine rings is 1. The zero-order chi connectivity index (χ0) is 35.6. The molecular formula is C41H62N2O7. The fraction of sp³-hybridized carbons (Fsp3) is 0.854. The van der Waals surface area contributed by atoms with Gasteiger partial charge in [-0.1, -0.05) is 34.6 Å². The summed E-state index contributed by atoms with van der Waals surface area (Å²) in [6.45, 7) is 16.8. The first kappa shape index (κ1) is 35.4. The monoisotopic (exact) mass is 694 g/mol. The number of carbonyl (C=O) groups is 1. The Hall–Kier alpha value is -1.62. The van der Waals surface area contributed by atoms with Gasteiger partial charge in [0.15, 0.2) is 6.29 Å². The highest BCUT2D eigenvalue weighted by molar-refractivity contribution is 5.78. The Bertz CT molecular complexity index is 1470. The molecule has 0 radical (unpaired) electrons. The van der Waals surface area contributed by atoms with Crippen molar-refractivity contribution >= 4 is 5.91 Å². The van der Waals surface area contributed by atoms with E-state index in [2.05, 4.69) is 39.6 Å². The first-order chi connectivity index (χ1) is 23.5. The normalized spacial score (nSPS) is 48.4. The number of hydrogen-bond donors (Lipinski definition) is 3. The molecule has 2 saturated heterocycles. The second-order valence-corrected chi connectivity index (χ2v) is 19.5. The second kappa shape index (κ2) is 11.7. The third-order valence-electron chi connectivity index (χ3n) is 16.6. The molecule has 2 aliphatic heterocycles. The minimum atomic E-state index is -1.26. The van der Waals surface area contributed by atoms with Crippen LogP contribution in [0.3, 0.4) is 0 Å². The predicted molar refractivity (Wildman–Crippen MR) is 188 cm³/mol. The Morgan fingerprint density at radius 3 is 2.50 bits per heavy atom. The fourth-order valence-corrected chi connectivity index (χ4v) is 14.1. The first-order valence-corrected chi connectivity index (χ1v) is 19.7. The summed E-state index contributed by atoms with van der Waals surface area (Å²) in [5.41, 5.74) is -0.170. The van der Waals surface area contributed by atoms with Gasteiger partial charge in [-0.25, -0.2) is 0 Å². The van der Waals surface area contributed by atoms with E-state index in [0.717, 1.165) is 37.7 Å². The average Bonchev–Trinajstić information content (AvgIpc) is 3.70. The van der Waals surface area contributed by atoms with E-state index in [-0.39, 0.29) is 57.0 Å². The van der Waals surface area contributed by atoms with Crippen molar-refractivity contribution in [1.29, 1.82) is 0 Å². The molecule has 278 valence electrons. The van der Waals surface area contributed by atoms with Gasteiger partial charge >= 0.3 is 0 Å². The van der Waals surface area contributed by atoms with Gasteiger partial charge in [0.25, 0.3) is 0 Å². The fourth-order valence-electron chi connectivity index (χ4n) is 14.1. The van der Waals surface area contributed by atoms with E-state index in [9.17, 15) is 20.1 Å². The number of carbonyl (C=O) groups excluding carboxylic acids is 1. The Morgan fingerprint density at radius 1 is 1.08 bits per heavy atom. The molecule has 0 bridgehead atoms. The van der Waals surface area contributed by atoms with Crippen molar-refractivity contribution in [3.63, 3.8) is 0 Å². The number of fused-ring (bicyclic) bond motifs is 4. The lowest BCUT2D eigenvalue weighted by molar-refractivity contribution is -0.248. The lowest BCUT2D eigenvalue weighted by Crippen LogP contribution is -2.60. The van der Waals surface area contributed by atoms with Crippen LogP contribution in [0.15, 0.2) is 24.5 Å². The number of nitrogens with zero attached hydrogens (tertiary/aromatic N) is 2. The molecule has 7 fully saturated rings. The highest BCUT2D eigenvalue weighted by Gasteiger charge is 2.84. The second-order valence-electron chi connectivity index (χ2n) is 19.5. The minimum Gasteiger partial charge on any atom is -0.390 e. The zero-order valence-electron chi connectivity index (χ0n) is 31.4. The molecule has 3 heterocycles. The summed E-state index contributed by atoms with van der Waals surface area (Å²) in [6, 6.07) is 3.79. The van der Waals surface area contributed by atoms with Crippen molar-refractivity contribution < 1.29 is 34.3 Å². The smallest absolute Gasteiger partial charge is 0.227 e. The van der Waals surface area contributed by atoms with Crippen LogP contribution in [0.5, 0.6) is 0 Å². The molecule has 1 amide bonds. The lowest BCUT2D eigenvalue weighted by atomic mass is 9.41. The van der Waals surface area contributed by atoms with Crippen molar-refractivity contribution in [2.75, 3.05) is 19.7 Å². The number of aliphatic hydroxyl groups is 3. The molecule has 5 saturated carbocycles. The molecule has 1 aromatic rings. The van der Waals surface area contributed by atoms with Crippen LogP contribution in [0.4, 0.5) is 0 Å². The van der Waals surface area contributed by atoms with Gasteiger partial charge < -0.3 is 34.4 Å². The number of hydrogen-bond acceptors (Lipinski definition) is 8. The minimum absolute atomic E-state index is 0.0403. The molecule has 7 aliphatic rings. The van der Waals surface area contributed by atoms with Crippen LogP contribution in [0.2, 0.25) is 0 Å². The van der Waals surface area contributed by atoms with Crippen molar-refractivity contribution in [2.45, 2.75) is 149 Å². The summed E-state index contributed by atoms with van der Waals surface area (Å²) >= 11 is 0. The quantitative estimate of drug-likeness (QED) is 0.375. The van der Waals surface area contributed by atoms with E-state index in [0.29, 0.717) is 44.4 Å². The molecule has 14 atom stereocenters.